The van der Waals surface area contributed by atoms with Crippen molar-refractivity contribution < 1.29 is 4.79 Å². The molecule has 110 valence electrons. The van der Waals surface area contributed by atoms with Crippen LogP contribution in [0.3, 0.4) is 0 Å². The smallest absolute Gasteiger partial charge is 0.222 e. The van der Waals surface area contributed by atoms with E-state index in [1.54, 1.807) is 0 Å². The van der Waals surface area contributed by atoms with E-state index in [4.69, 9.17) is 0 Å². The lowest BCUT2D eigenvalue weighted by molar-refractivity contribution is -0.130. The Morgan fingerprint density at radius 3 is 2.80 bits per heavy atom. The molecule has 1 aliphatic heterocycles. The Morgan fingerprint density at radius 1 is 1.35 bits per heavy atom. The van der Waals surface area contributed by atoms with Crippen LogP contribution in [0.15, 0.2) is 24.3 Å². The zero-order valence-corrected chi connectivity index (χ0v) is 12.7. The fourth-order valence-corrected chi connectivity index (χ4v) is 2.86. The Bertz CT molecular complexity index is 438. The van der Waals surface area contributed by atoms with Crippen molar-refractivity contribution in [2.75, 3.05) is 20.1 Å². The molecule has 0 radical (unpaired) electrons. The van der Waals surface area contributed by atoms with Crippen LogP contribution < -0.4 is 5.32 Å². The lowest BCUT2D eigenvalue weighted by Gasteiger charge is -2.23. The van der Waals surface area contributed by atoms with Crippen LogP contribution in [0.25, 0.3) is 0 Å². The highest BCUT2D eigenvalue weighted by atomic mass is 16.2. The highest BCUT2D eigenvalue weighted by molar-refractivity contribution is 5.75. The first kappa shape index (κ1) is 15.0. The quantitative estimate of drug-likeness (QED) is 0.895. The maximum atomic E-state index is 12.2. The fraction of sp³-hybridized carbons (Fsp3) is 0.588. The van der Waals surface area contributed by atoms with Crippen LogP contribution in [0, 0.1) is 12.8 Å². The third-order valence-electron chi connectivity index (χ3n) is 4.15. The summed E-state index contributed by atoms with van der Waals surface area (Å²) in [5, 5.41) is 3.37. The molecule has 1 amide bonds. The number of amides is 1. The SMILES string of the molecule is Cc1cccc(CN(C)C(=O)CCC2CCNCC2)c1. The normalized spacial score (nSPS) is 16.1. The number of aryl methyl sites for hydroxylation is 1. The lowest BCUT2D eigenvalue weighted by atomic mass is 9.93. The molecule has 0 aromatic heterocycles. The molecule has 1 heterocycles. The molecular formula is C17H26N2O. The van der Waals surface area contributed by atoms with E-state index in [9.17, 15) is 4.79 Å². The van der Waals surface area contributed by atoms with Gasteiger partial charge in [-0.2, -0.15) is 0 Å². The summed E-state index contributed by atoms with van der Waals surface area (Å²) >= 11 is 0. The molecule has 2 rings (SSSR count). The number of carbonyl (C=O) groups is 1. The summed E-state index contributed by atoms with van der Waals surface area (Å²) in [6.07, 6.45) is 4.16. The second-order valence-electron chi connectivity index (χ2n) is 5.97. The predicted molar refractivity (Wildman–Crippen MR) is 82.5 cm³/mol. The van der Waals surface area contributed by atoms with Gasteiger partial charge in [0, 0.05) is 20.0 Å². The molecule has 1 aromatic carbocycles. The third kappa shape index (κ3) is 4.64. The number of piperidine rings is 1. The van der Waals surface area contributed by atoms with Crippen molar-refractivity contribution in [3.8, 4) is 0 Å². The molecule has 3 nitrogen and oxygen atoms in total. The zero-order valence-electron chi connectivity index (χ0n) is 12.7. The van der Waals surface area contributed by atoms with Crippen LogP contribution in [0.1, 0.15) is 36.8 Å². The molecule has 0 unspecified atom stereocenters. The monoisotopic (exact) mass is 274 g/mol. The molecule has 0 atom stereocenters. The molecule has 1 aliphatic rings. The van der Waals surface area contributed by atoms with Crippen molar-refractivity contribution in [2.24, 2.45) is 5.92 Å². The van der Waals surface area contributed by atoms with Crippen molar-refractivity contribution >= 4 is 5.91 Å². The second kappa shape index (κ2) is 7.44. The fourth-order valence-electron chi connectivity index (χ4n) is 2.86. The first-order chi connectivity index (χ1) is 9.65. The summed E-state index contributed by atoms with van der Waals surface area (Å²) in [5.41, 5.74) is 2.46. The largest absolute Gasteiger partial charge is 0.341 e. The maximum absolute atomic E-state index is 12.2. The van der Waals surface area contributed by atoms with Crippen LogP contribution in [0.2, 0.25) is 0 Å². The first-order valence-electron chi connectivity index (χ1n) is 7.65. The van der Waals surface area contributed by atoms with E-state index < -0.39 is 0 Å². The Labute approximate surface area is 122 Å². The number of nitrogens with one attached hydrogen (secondary N) is 1. The number of carbonyl (C=O) groups excluding carboxylic acids is 1. The van der Waals surface area contributed by atoms with Gasteiger partial charge in [0.05, 0.1) is 0 Å². The van der Waals surface area contributed by atoms with Crippen LogP contribution in [0.4, 0.5) is 0 Å². The van der Waals surface area contributed by atoms with Crippen molar-refractivity contribution in [3.05, 3.63) is 35.4 Å². The number of hydrogen-bond donors (Lipinski definition) is 1. The van der Waals surface area contributed by atoms with Gasteiger partial charge < -0.3 is 10.2 Å². The average molecular weight is 274 g/mol. The second-order valence-corrected chi connectivity index (χ2v) is 5.97. The summed E-state index contributed by atoms with van der Waals surface area (Å²) < 4.78 is 0. The Hall–Kier alpha value is -1.35. The molecule has 1 saturated heterocycles. The summed E-state index contributed by atoms with van der Waals surface area (Å²) in [6.45, 7) is 5.02. The molecule has 1 aromatic rings. The van der Waals surface area contributed by atoms with Gasteiger partial charge >= 0.3 is 0 Å². The standard InChI is InChI=1S/C17H26N2O/c1-14-4-3-5-16(12-14)13-19(2)17(20)7-6-15-8-10-18-11-9-15/h3-5,12,15,18H,6-11,13H2,1-2H3. The van der Waals surface area contributed by atoms with E-state index in [0.29, 0.717) is 13.0 Å². The van der Waals surface area contributed by atoms with Gasteiger partial charge in [-0.05, 0) is 50.8 Å². The summed E-state index contributed by atoms with van der Waals surface area (Å²) in [6, 6.07) is 8.38. The van der Waals surface area contributed by atoms with Crippen molar-refractivity contribution in [3.63, 3.8) is 0 Å². The van der Waals surface area contributed by atoms with Crippen LogP contribution in [0.5, 0.6) is 0 Å². The first-order valence-corrected chi connectivity index (χ1v) is 7.65. The highest BCUT2D eigenvalue weighted by Gasteiger charge is 2.16. The van der Waals surface area contributed by atoms with E-state index in [2.05, 4.69) is 36.5 Å². The van der Waals surface area contributed by atoms with Crippen LogP contribution >= 0.6 is 0 Å². The van der Waals surface area contributed by atoms with Gasteiger partial charge in [0.2, 0.25) is 5.91 Å². The topological polar surface area (TPSA) is 32.3 Å². The van der Waals surface area contributed by atoms with Crippen LogP contribution in [-0.4, -0.2) is 30.9 Å². The molecule has 0 saturated carbocycles. The van der Waals surface area contributed by atoms with E-state index in [1.165, 1.54) is 24.0 Å². The van der Waals surface area contributed by atoms with Gasteiger partial charge in [0.15, 0.2) is 0 Å². The minimum absolute atomic E-state index is 0.269. The number of hydrogen-bond acceptors (Lipinski definition) is 2. The van der Waals surface area contributed by atoms with E-state index in [0.717, 1.165) is 25.4 Å². The van der Waals surface area contributed by atoms with E-state index in [-0.39, 0.29) is 5.91 Å². The van der Waals surface area contributed by atoms with Crippen molar-refractivity contribution in [2.45, 2.75) is 39.2 Å². The summed E-state index contributed by atoms with van der Waals surface area (Å²) in [4.78, 5) is 14.0. The highest BCUT2D eigenvalue weighted by Crippen LogP contribution is 2.18. The number of nitrogens with zero attached hydrogens (tertiary/aromatic N) is 1. The van der Waals surface area contributed by atoms with Gasteiger partial charge in [-0.1, -0.05) is 29.8 Å². The van der Waals surface area contributed by atoms with Crippen LogP contribution in [-0.2, 0) is 11.3 Å². The van der Waals surface area contributed by atoms with E-state index >= 15 is 0 Å². The average Bonchev–Trinajstić information content (AvgIpc) is 2.46. The minimum Gasteiger partial charge on any atom is -0.341 e. The van der Waals surface area contributed by atoms with Gasteiger partial charge in [-0.3, -0.25) is 4.79 Å². The zero-order chi connectivity index (χ0) is 14.4. The van der Waals surface area contributed by atoms with Gasteiger partial charge in [0.1, 0.15) is 0 Å². The molecular weight excluding hydrogens is 248 g/mol. The molecule has 0 spiro atoms. The summed E-state index contributed by atoms with van der Waals surface area (Å²) in [5.74, 6) is 0.998. The maximum Gasteiger partial charge on any atom is 0.222 e. The Balaban J connectivity index is 1.76. The molecule has 1 fully saturated rings. The van der Waals surface area contributed by atoms with E-state index in [1.807, 2.05) is 11.9 Å². The number of benzene rings is 1. The van der Waals surface area contributed by atoms with Crippen molar-refractivity contribution in [1.29, 1.82) is 0 Å². The third-order valence-corrected chi connectivity index (χ3v) is 4.15. The van der Waals surface area contributed by atoms with Gasteiger partial charge in [-0.15, -0.1) is 0 Å². The Kier molecular flexibility index (Phi) is 5.60. The minimum atomic E-state index is 0.269. The van der Waals surface area contributed by atoms with Crippen molar-refractivity contribution in [1.82, 2.24) is 10.2 Å². The van der Waals surface area contributed by atoms with Gasteiger partial charge in [0.25, 0.3) is 0 Å². The lowest BCUT2D eigenvalue weighted by Crippen LogP contribution is -2.30. The Morgan fingerprint density at radius 2 is 2.10 bits per heavy atom. The summed E-state index contributed by atoms with van der Waals surface area (Å²) in [7, 11) is 1.91. The number of rotatable bonds is 5. The molecule has 20 heavy (non-hydrogen) atoms. The predicted octanol–water partition coefficient (Wildman–Crippen LogP) is 2.73. The molecule has 1 N–H and O–H groups in total. The molecule has 0 bridgehead atoms. The molecule has 3 heteroatoms. The van der Waals surface area contributed by atoms with Gasteiger partial charge in [-0.25, -0.2) is 0 Å². The molecule has 0 aliphatic carbocycles.